The molecule has 1 fully saturated rings. The van der Waals surface area contributed by atoms with Crippen molar-refractivity contribution in [3.8, 4) is 0 Å². The normalized spacial score (nSPS) is 17.8. The zero-order chi connectivity index (χ0) is 18.6. The molecule has 0 aromatic heterocycles. The lowest BCUT2D eigenvalue weighted by molar-refractivity contribution is -0.384. The maximum atomic E-state index is 12.5. The van der Waals surface area contributed by atoms with Crippen LogP contribution in [-0.4, -0.2) is 51.3 Å². The van der Waals surface area contributed by atoms with Gasteiger partial charge < -0.3 is 15.3 Å². The maximum Gasteiger partial charge on any atom is 0.305 e. The summed E-state index contributed by atoms with van der Waals surface area (Å²) in [5.41, 5.74) is -0.134. The first kappa shape index (κ1) is 18.4. The third kappa shape index (κ3) is 4.52. The van der Waals surface area contributed by atoms with E-state index in [1.54, 1.807) is 0 Å². The Labute approximate surface area is 143 Å². The average molecular weight is 349 g/mol. The number of non-ortho nitro benzene ring substituents is 1. The summed E-state index contributed by atoms with van der Waals surface area (Å²) in [5, 5.41) is 22.2. The minimum absolute atomic E-state index is 0.0809. The summed E-state index contributed by atoms with van der Waals surface area (Å²) >= 11 is 0. The number of nitrogens with zero attached hydrogens (tertiary/aromatic N) is 2. The summed E-state index contributed by atoms with van der Waals surface area (Å²) in [6.07, 6.45) is 1.20. The van der Waals surface area contributed by atoms with Gasteiger partial charge in [-0.3, -0.25) is 24.5 Å². The first-order valence-electron chi connectivity index (χ1n) is 7.87. The van der Waals surface area contributed by atoms with Crippen molar-refractivity contribution in [1.29, 1.82) is 0 Å². The highest BCUT2D eigenvalue weighted by Crippen LogP contribution is 2.21. The van der Waals surface area contributed by atoms with Crippen LogP contribution in [0.15, 0.2) is 24.3 Å². The molecule has 2 rings (SSSR count). The molecule has 2 N–H and O–H groups in total. The van der Waals surface area contributed by atoms with Crippen molar-refractivity contribution in [1.82, 2.24) is 10.2 Å². The molecule has 1 aliphatic rings. The van der Waals surface area contributed by atoms with Gasteiger partial charge in [0.1, 0.15) is 6.04 Å². The van der Waals surface area contributed by atoms with Crippen LogP contribution < -0.4 is 5.32 Å². The van der Waals surface area contributed by atoms with Crippen molar-refractivity contribution in [3.63, 3.8) is 0 Å². The number of amides is 2. The van der Waals surface area contributed by atoms with Gasteiger partial charge in [-0.2, -0.15) is 0 Å². The van der Waals surface area contributed by atoms with Crippen LogP contribution in [0.2, 0.25) is 0 Å². The molecule has 9 nitrogen and oxygen atoms in total. The number of hydrogen-bond acceptors (Lipinski definition) is 5. The number of nitro benzene ring substituents is 1. The molecule has 0 radical (unpaired) electrons. The quantitative estimate of drug-likeness (QED) is 0.586. The van der Waals surface area contributed by atoms with Crippen LogP contribution in [0, 0.1) is 10.1 Å². The Morgan fingerprint density at radius 2 is 2.16 bits per heavy atom. The van der Waals surface area contributed by atoms with E-state index < -0.39 is 22.8 Å². The van der Waals surface area contributed by atoms with Gasteiger partial charge in [-0.25, -0.2) is 0 Å². The molecule has 9 heteroatoms. The lowest BCUT2D eigenvalue weighted by atomic mass is 10.1. The fraction of sp³-hybridized carbons (Fsp3) is 0.438. The van der Waals surface area contributed by atoms with E-state index in [1.165, 1.54) is 30.0 Å². The zero-order valence-corrected chi connectivity index (χ0v) is 13.7. The van der Waals surface area contributed by atoms with Gasteiger partial charge in [-0.15, -0.1) is 0 Å². The van der Waals surface area contributed by atoms with E-state index in [1.807, 2.05) is 0 Å². The predicted octanol–water partition coefficient (Wildman–Crippen LogP) is 1.18. The van der Waals surface area contributed by atoms with Crippen LogP contribution in [-0.2, 0) is 9.59 Å². The second-order valence-electron chi connectivity index (χ2n) is 5.93. The average Bonchev–Trinajstić information content (AvgIpc) is 3.01. The van der Waals surface area contributed by atoms with Gasteiger partial charge in [0.15, 0.2) is 0 Å². The Morgan fingerprint density at radius 3 is 2.80 bits per heavy atom. The fourth-order valence-corrected chi connectivity index (χ4v) is 2.89. The number of nitro groups is 1. The number of carboxylic acid groups (broad SMARTS) is 1. The molecule has 0 bridgehead atoms. The van der Waals surface area contributed by atoms with Gasteiger partial charge in [0.2, 0.25) is 5.91 Å². The molecule has 0 aliphatic carbocycles. The van der Waals surface area contributed by atoms with Crippen molar-refractivity contribution in [3.05, 3.63) is 39.9 Å². The van der Waals surface area contributed by atoms with E-state index in [9.17, 15) is 24.5 Å². The SMILES string of the molecule is CC(NC(=O)c1cccc([N+](=O)[O-])c1)C(=O)N1CCCC1CC(=O)O. The Balaban J connectivity index is 2.03. The molecular weight excluding hydrogens is 330 g/mol. The lowest BCUT2D eigenvalue weighted by Crippen LogP contribution is -2.49. The van der Waals surface area contributed by atoms with Gasteiger partial charge in [0, 0.05) is 30.3 Å². The molecule has 1 heterocycles. The maximum absolute atomic E-state index is 12.5. The first-order valence-corrected chi connectivity index (χ1v) is 7.87. The van der Waals surface area contributed by atoms with Gasteiger partial charge >= 0.3 is 5.97 Å². The predicted molar refractivity (Wildman–Crippen MR) is 87.0 cm³/mol. The smallest absolute Gasteiger partial charge is 0.305 e. The number of benzene rings is 1. The molecule has 134 valence electrons. The topological polar surface area (TPSA) is 130 Å². The van der Waals surface area contributed by atoms with E-state index in [-0.39, 0.29) is 29.6 Å². The standard InChI is InChI=1S/C16H19N3O6/c1-10(16(23)18-7-3-6-12(18)9-14(20)21)17-15(22)11-4-2-5-13(8-11)19(24)25/h2,4-5,8,10,12H,3,6-7,9H2,1H3,(H,17,22)(H,20,21). The molecular formula is C16H19N3O6. The molecule has 2 amide bonds. The van der Waals surface area contributed by atoms with Crippen molar-refractivity contribution >= 4 is 23.5 Å². The van der Waals surface area contributed by atoms with Gasteiger partial charge in [-0.1, -0.05) is 6.07 Å². The van der Waals surface area contributed by atoms with Crippen LogP contribution in [0.25, 0.3) is 0 Å². The Morgan fingerprint density at radius 1 is 1.44 bits per heavy atom. The van der Waals surface area contributed by atoms with Crippen LogP contribution in [0.4, 0.5) is 5.69 Å². The van der Waals surface area contributed by atoms with Gasteiger partial charge in [0.25, 0.3) is 11.6 Å². The van der Waals surface area contributed by atoms with E-state index in [2.05, 4.69) is 5.32 Å². The van der Waals surface area contributed by atoms with Gasteiger partial charge in [-0.05, 0) is 25.8 Å². The molecule has 1 aliphatic heterocycles. The molecule has 0 saturated carbocycles. The van der Waals surface area contributed by atoms with E-state index >= 15 is 0 Å². The van der Waals surface area contributed by atoms with E-state index in [0.29, 0.717) is 13.0 Å². The largest absolute Gasteiger partial charge is 0.481 e. The Hall–Kier alpha value is -2.97. The minimum atomic E-state index is -0.974. The summed E-state index contributed by atoms with van der Waals surface area (Å²) in [7, 11) is 0. The molecule has 25 heavy (non-hydrogen) atoms. The second-order valence-corrected chi connectivity index (χ2v) is 5.93. The third-order valence-corrected chi connectivity index (χ3v) is 4.11. The molecule has 0 spiro atoms. The highest BCUT2D eigenvalue weighted by molar-refractivity contribution is 5.98. The monoisotopic (exact) mass is 349 g/mol. The zero-order valence-electron chi connectivity index (χ0n) is 13.7. The van der Waals surface area contributed by atoms with Crippen LogP contribution in [0.3, 0.4) is 0 Å². The van der Waals surface area contributed by atoms with E-state index in [0.717, 1.165) is 12.5 Å². The molecule has 2 unspecified atom stereocenters. The first-order chi connectivity index (χ1) is 11.8. The summed E-state index contributed by atoms with van der Waals surface area (Å²) in [6.45, 7) is 1.96. The van der Waals surface area contributed by atoms with Crippen molar-refractivity contribution in [2.45, 2.75) is 38.3 Å². The molecule has 1 saturated heterocycles. The summed E-state index contributed by atoms with van der Waals surface area (Å²) in [5.74, 6) is -1.93. The van der Waals surface area contributed by atoms with Crippen LogP contribution in [0.1, 0.15) is 36.5 Å². The number of likely N-dealkylation sites (tertiary alicyclic amines) is 1. The van der Waals surface area contributed by atoms with Crippen LogP contribution in [0.5, 0.6) is 0 Å². The fourth-order valence-electron chi connectivity index (χ4n) is 2.89. The number of carbonyl (C=O) groups excluding carboxylic acids is 2. The summed E-state index contributed by atoms with van der Waals surface area (Å²) in [4.78, 5) is 47.2. The third-order valence-electron chi connectivity index (χ3n) is 4.11. The number of hydrogen-bond donors (Lipinski definition) is 2. The lowest BCUT2D eigenvalue weighted by Gasteiger charge is -2.27. The second kappa shape index (κ2) is 7.73. The van der Waals surface area contributed by atoms with Crippen molar-refractivity contribution in [2.24, 2.45) is 0 Å². The molecule has 1 aromatic carbocycles. The van der Waals surface area contributed by atoms with Crippen LogP contribution >= 0.6 is 0 Å². The number of carbonyl (C=O) groups is 3. The van der Waals surface area contributed by atoms with Gasteiger partial charge in [0.05, 0.1) is 11.3 Å². The summed E-state index contributed by atoms with van der Waals surface area (Å²) in [6, 6.07) is 3.98. The highest BCUT2D eigenvalue weighted by atomic mass is 16.6. The Bertz CT molecular complexity index is 705. The van der Waals surface area contributed by atoms with Crippen molar-refractivity contribution < 1.29 is 24.4 Å². The van der Waals surface area contributed by atoms with Crippen molar-refractivity contribution in [2.75, 3.05) is 6.54 Å². The highest BCUT2D eigenvalue weighted by Gasteiger charge is 2.33. The minimum Gasteiger partial charge on any atom is -0.481 e. The number of nitrogens with one attached hydrogen (secondary N) is 1. The molecule has 2 atom stereocenters. The van der Waals surface area contributed by atoms with E-state index in [4.69, 9.17) is 5.11 Å². The Kier molecular flexibility index (Phi) is 5.68. The number of carboxylic acids is 1. The summed E-state index contributed by atoms with van der Waals surface area (Å²) < 4.78 is 0. The molecule has 1 aromatic rings. The number of aliphatic carboxylic acids is 1. The number of rotatable bonds is 6.